The Bertz CT molecular complexity index is 1160. The molecule has 33 heavy (non-hydrogen) atoms. The smallest absolute Gasteiger partial charge is 0.209 e. The molecule has 0 bridgehead atoms. The summed E-state index contributed by atoms with van der Waals surface area (Å²) in [5.74, 6) is -5.59. The molecule has 4 atom stereocenters. The second-order valence-corrected chi connectivity index (χ2v) is 9.51. The number of anilines is 1. The molecule has 1 aromatic carbocycles. The predicted octanol–water partition coefficient (Wildman–Crippen LogP) is 1.29. The molecule has 176 valence electrons. The van der Waals surface area contributed by atoms with Crippen molar-refractivity contribution >= 4 is 23.0 Å². The van der Waals surface area contributed by atoms with Crippen molar-refractivity contribution in [2.75, 3.05) is 33.1 Å². The first-order valence-corrected chi connectivity index (χ1v) is 10.7. The molecule has 0 radical (unpaired) electrons. The molecule has 9 nitrogen and oxygen atoms in total. The summed E-state index contributed by atoms with van der Waals surface area (Å²) in [5, 5.41) is 44.1. The lowest BCUT2D eigenvalue weighted by Gasteiger charge is -2.50. The van der Waals surface area contributed by atoms with Crippen molar-refractivity contribution in [3.05, 3.63) is 45.9 Å². The molecule has 2 unspecified atom stereocenters. The van der Waals surface area contributed by atoms with Gasteiger partial charge < -0.3 is 25.3 Å². The highest BCUT2D eigenvalue weighted by Gasteiger charge is 2.63. The van der Waals surface area contributed by atoms with Crippen LogP contribution in [-0.4, -0.2) is 82.5 Å². The number of carbonyl (C=O) groups is 3. The number of likely N-dealkylation sites (N-methyl/N-ethyl adjacent to an activating group) is 1. The molecule has 3 aliphatic rings. The Kier molecular flexibility index (Phi) is 5.18. The van der Waals surface area contributed by atoms with Gasteiger partial charge in [0.15, 0.2) is 17.2 Å². The normalized spacial score (nSPS) is 29.1. The number of rotatable bonds is 3. The quantitative estimate of drug-likeness (QED) is 0.496. The molecule has 0 amide bonds. The first-order chi connectivity index (χ1) is 15.3. The van der Waals surface area contributed by atoms with E-state index < -0.39 is 57.9 Å². The summed E-state index contributed by atoms with van der Waals surface area (Å²) in [7, 11) is 6.89. The molecule has 0 heterocycles. The Morgan fingerprint density at radius 1 is 1.09 bits per heavy atom. The summed E-state index contributed by atoms with van der Waals surface area (Å²) < 4.78 is 0. The van der Waals surface area contributed by atoms with Crippen LogP contribution in [0.1, 0.15) is 29.3 Å². The first-order valence-electron chi connectivity index (χ1n) is 10.7. The van der Waals surface area contributed by atoms with Gasteiger partial charge in [-0.3, -0.25) is 19.3 Å². The molecule has 4 rings (SSSR count). The Morgan fingerprint density at radius 3 is 2.27 bits per heavy atom. The maximum absolute atomic E-state index is 13.5. The van der Waals surface area contributed by atoms with Crippen molar-refractivity contribution in [2.24, 2.45) is 11.8 Å². The second-order valence-electron chi connectivity index (χ2n) is 9.51. The molecule has 4 N–H and O–H groups in total. The zero-order chi connectivity index (χ0) is 24.6. The minimum Gasteiger partial charge on any atom is -0.510 e. The first kappa shape index (κ1) is 23.0. The number of hydrogen-bond donors (Lipinski definition) is 4. The van der Waals surface area contributed by atoms with Gasteiger partial charge in [0, 0.05) is 31.3 Å². The van der Waals surface area contributed by atoms with E-state index in [4.69, 9.17) is 0 Å². The molecule has 0 fully saturated rings. The average molecular weight is 456 g/mol. The number of allylic oxidation sites excluding steroid dienone is 1. The number of benzene rings is 1. The number of phenols is 1. The third-order valence-corrected chi connectivity index (χ3v) is 7.17. The van der Waals surface area contributed by atoms with E-state index in [2.05, 4.69) is 0 Å². The number of aliphatic hydroxyl groups excluding tert-OH is 2. The maximum Gasteiger partial charge on any atom is 0.209 e. The van der Waals surface area contributed by atoms with Crippen LogP contribution in [0.3, 0.4) is 0 Å². The largest absolute Gasteiger partial charge is 0.510 e. The SMILES string of the molecule is CC(=O)C1=C(O)[C@@H](N(C)C)C2CC3Cc4c(N(C)C)ccc(O)c4C(=O)C3=C(O)[C@]2(O)C1=O. The lowest BCUT2D eigenvalue weighted by molar-refractivity contribution is -0.148. The standard InChI is InChI=1S/C24H28N2O7/c1-10(27)16-21(30)19(26(4)5)13-9-11-8-12-14(25(2)3)6-7-15(28)18(12)20(29)17(11)23(32)24(13,33)22(16)31/h6-7,11,13,19,28,30,32-33H,8-9H2,1-5H3/t11?,13?,19-,24+/m0/s1. The van der Waals surface area contributed by atoms with Gasteiger partial charge in [-0.05, 0) is 57.5 Å². The van der Waals surface area contributed by atoms with Crippen molar-refractivity contribution in [2.45, 2.75) is 31.4 Å². The number of Topliss-reactive ketones (excluding diaryl/α,β-unsaturated/α-hetero) is 3. The van der Waals surface area contributed by atoms with E-state index in [0.29, 0.717) is 5.56 Å². The number of carbonyl (C=O) groups excluding carboxylic acids is 3. The molecule has 0 spiro atoms. The molecular formula is C24H28N2O7. The fourth-order valence-electron chi connectivity index (χ4n) is 5.76. The van der Waals surface area contributed by atoms with Crippen LogP contribution in [0.4, 0.5) is 5.69 Å². The highest BCUT2D eigenvalue weighted by molar-refractivity contribution is 6.25. The van der Waals surface area contributed by atoms with Crippen LogP contribution in [0, 0.1) is 11.8 Å². The number of hydrogen-bond acceptors (Lipinski definition) is 9. The van der Waals surface area contributed by atoms with Crippen LogP contribution < -0.4 is 4.90 Å². The number of aliphatic hydroxyl groups is 3. The monoisotopic (exact) mass is 456 g/mol. The highest BCUT2D eigenvalue weighted by atomic mass is 16.3. The van der Waals surface area contributed by atoms with Gasteiger partial charge in [-0.2, -0.15) is 0 Å². The summed E-state index contributed by atoms with van der Waals surface area (Å²) in [6.45, 7) is 1.10. The molecule has 9 heteroatoms. The predicted molar refractivity (Wildman–Crippen MR) is 119 cm³/mol. The van der Waals surface area contributed by atoms with E-state index in [1.165, 1.54) is 6.07 Å². The molecule has 0 saturated heterocycles. The van der Waals surface area contributed by atoms with Crippen LogP contribution in [0.25, 0.3) is 0 Å². The van der Waals surface area contributed by atoms with E-state index in [1.807, 2.05) is 19.0 Å². The molecule has 0 saturated carbocycles. The highest BCUT2D eigenvalue weighted by Crippen LogP contribution is 2.53. The maximum atomic E-state index is 13.5. The zero-order valence-electron chi connectivity index (χ0n) is 19.2. The van der Waals surface area contributed by atoms with Crippen molar-refractivity contribution < 1.29 is 34.8 Å². The Labute approximate surface area is 191 Å². The van der Waals surface area contributed by atoms with Crippen LogP contribution in [0.5, 0.6) is 5.75 Å². The van der Waals surface area contributed by atoms with Crippen molar-refractivity contribution in [3.63, 3.8) is 0 Å². The third-order valence-electron chi connectivity index (χ3n) is 7.17. The van der Waals surface area contributed by atoms with E-state index in [9.17, 15) is 34.8 Å². The summed E-state index contributed by atoms with van der Waals surface area (Å²) in [5.41, 5.74) is -1.89. The minimum atomic E-state index is -2.55. The number of fused-ring (bicyclic) bond motifs is 3. The van der Waals surface area contributed by atoms with Gasteiger partial charge in [-0.15, -0.1) is 0 Å². The number of nitrogens with zero attached hydrogens (tertiary/aromatic N) is 2. The molecule has 0 aliphatic heterocycles. The molecule has 3 aliphatic carbocycles. The summed E-state index contributed by atoms with van der Waals surface area (Å²) in [6.07, 6.45) is 0.390. The van der Waals surface area contributed by atoms with Gasteiger partial charge in [0.1, 0.15) is 22.8 Å². The Morgan fingerprint density at radius 2 is 1.73 bits per heavy atom. The zero-order valence-corrected chi connectivity index (χ0v) is 19.2. The van der Waals surface area contributed by atoms with Crippen LogP contribution >= 0.6 is 0 Å². The lowest BCUT2D eigenvalue weighted by Crippen LogP contribution is -2.63. The molecular weight excluding hydrogens is 428 g/mol. The topological polar surface area (TPSA) is 139 Å². The van der Waals surface area contributed by atoms with E-state index >= 15 is 0 Å². The fraction of sp³-hybridized carbons (Fsp3) is 0.458. The summed E-state index contributed by atoms with van der Waals surface area (Å²) >= 11 is 0. The van der Waals surface area contributed by atoms with Crippen molar-refractivity contribution in [1.29, 1.82) is 0 Å². The number of aromatic hydroxyl groups is 1. The van der Waals surface area contributed by atoms with Crippen molar-refractivity contribution in [3.8, 4) is 5.75 Å². The van der Waals surface area contributed by atoms with Gasteiger partial charge in [0.2, 0.25) is 5.78 Å². The van der Waals surface area contributed by atoms with E-state index in [-0.39, 0.29) is 29.7 Å². The van der Waals surface area contributed by atoms with Gasteiger partial charge in [-0.1, -0.05) is 0 Å². The Hall–Kier alpha value is -3.17. The summed E-state index contributed by atoms with van der Waals surface area (Å²) in [4.78, 5) is 42.4. The third kappa shape index (κ3) is 2.95. The number of phenolic OH excluding ortho intramolecular Hbond substituents is 1. The van der Waals surface area contributed by atoms with Gasteiger partial charge in [0.25, 0.3) is 0 Å². The molecule has 1 aromatic rings. The second kappa shape index (κ2) is 7.43. The minimum absolute atomic E-state index is 0.0265. The van der Waals surface area contributed by atoms with Crippen LogP contribution in [0.2, 0.25) is 0 Å². The lowest BCUT2D eigenvalue weighted by atomic mass is 9.58. The van der Waals surface area contributed by atoms with Crippen LogP contribution in [-0.2, 0) is 16.0 Å². The van der Waals surface area contributed by atoms with Gasteiger partial charge >= 0.3 is 0 Å². The van der Waals surface area contributed by atoms with E-state index in [1.54, 1.807) is 25.1 Å². The number of ketones is 3. The van der Waals surface area contributed by atoms with Crippen LogP contribution in [0.15, 0.2) is 34.8 Å². The molecule has 0 aromatic heterocycles. The van der Waals surface area contributed by atoms with Gasteiger partial charge in [-0.25, -0.2) is 0 Å². The van der Waals surface area contributed by atoms with E-state index in [0.717, 1.165) is 12.6 Å². The Balaban J connectivity index is 1.98. The fourth-order valence-corrected chi connectivity index (χ4v) is 5.76. The summed E-state index contributed by atoms with van der Waals surface area (Å²) in [6, 6.07) is 2.17. The van der Waals surface area contributed by atoms with Gasteiger partial charge in [0.05, 0.1) is 11.6 Å². The average Bonchev–Trinajstić information content (AvgIpc) is 2.70. The van der Waals surface area contributed by atoms with Crippen molar-refractivity contribution in [1.82, 2.24) is 4.90 Å².